The van der Waals surface area contributed by atoms with E-state index in [0.29, 0.717) is 18.4 Å². The second-order valence-electron chi connectivity index (χ2n) is 3.68. The zero-order valence-corrected chi connectivity index (χ0v) is 10.6. The van der Waals surface area contributed by atoms with E-state index in [1.54, 1.807) is 18.3 Å². The Labute approximate surface area is 111 Å². The Morgan fingerprint density at radius 1 is 0.889 bits per heavy atom. The normalized spacial score (nSPS) is 10.1. The molecule has 0 aliphatic heterocycles. The monoisotopic (exact) mass is 263 g/mol. The second-order valence-corrected chi connectivity index (χ2v) is 4.07. The molecule has 0 atom stereocenters. The van der Waals surface area contributed by atoms with Crippen LogP contribution in [-0.4, -0.2) is 18.2 Å². The van der Waals surface area contributed by atoms with Crippen molar-refractivity contribution in [3.05, 3.63) is 53.8 Å². The Morgan fingerprint density at radius 3 is 2.28 bits per heavy atom. The number of halogens is 1. The lowest BCUT2D eigenvalue weighted by atomic mass is 10.3. The Morgan fingerprint density at radius 2 is 1.61 bits per heavy atom. The van der Waals surface area contributed by atoms with Crippen molar-refractivity contribution >= 4 is 11.6 Å². The molecule has 94 valence electrons. The van der Waals surface area contributed by atoms with Gasteiger partial charge in [0.15, 0.2) is 0 Å². The number of benzene rings is 1. The molecule has 1 aromatic heterocycles. The summed E-state index contributed by atoms with van der Waals surface area (Å²) in [6.07, 6.45) is 2.43. The fraction of sp³-hybridized carbons (Fsp3) is 0.214. The molecule has 0 amide bonds. The van der Waals surface area contributed by atoms with Crippen molar-refractivity contribution in [1.82, 2.24) is 4.98 Å². The molecule has 0 N–H and O–H groups in total. The molecule has 0 aliphatic rings. The average Bonchev–Trinajstić information content (AvgIpc) is 2.42. The molecule has 0 fully saturated rings. The van der Waals surface area contributed by atoms with E-state index in [4.69, 9.17) is 21.1 Å². The molecule has 4 heteroatoms. The molecule has 2 aromatic rings. The van der Waals surface area contributed by atoms with Gasteiger partial charge in [-0.25, -0.2) is 4.98 Å². The zero-order chi connectivity index (χ0) is 12.6. The van der Waals surface area contributed by atoms with Gasteiger partial charge in [0.1, 0.15) is 16.7 Å². The molecule has 18 heavy (non-hydrogen) atoms. The maximum atomic E-state index is 5.68. The summed E-state index contributed by atoms with van der Waals surface area (Å²) in [6.45, 7) is 1.22. The van der Waals surface area contributed by atoms with Crippen molar-refractivity contribution in [3.8, 4) is 11.5 Å². The van der Waals surface area contributed by atoms with Crippen LogP contribution in [0.5, 0.6) is 11.5 Å². The standard InChI is InChI=1S/C14H14ClNO2/c15-14-8-7-13(11-16-14)18-10-4-9-17-12-5-2-1-3-6-12/h1-3,5-8,11H,4,9-10H2. The van der Waals surface area contributed by atoms with Gasteiger partial charge < -0.3 is 9.47 Å². The van der Waals surface area contributed by atoms with Crippen LogP contribution in [0, 0.1) is 0 Å². The molecule has 0 radical (unpaired) electrons. The highest BCUT2D eigenvalue weighted by Gasteiger charge is 1.96. The van der Waals surface area contributed by atoms with Crippen LogP contribution in [0.25, 0.3) is 0 Å². The van der Waals surface area contributed by atoms with E-state index in [9.17, 15) is 0 Å². The predicted octanol–water partition coefficient (Wildman–Crippen LogP) is 3.58. The minimum absolute atomic E-state index is 0.467. The Kier molecular flexibility index (Phi) is 4.85. The fourth-order valence-corrected chi connectivity index (χ4v) is 1.52. The molecule has 0 unspecified atom stereocenters. The first-order valence-electron chi connectivity index (χ1n) is 5.77. The molecule has 2 rings (SSSR count). The summed E-state index contributed by atoms with van der Waals surface area (Å²) >= 11 is 5.68. The smallest absolute Gasteiger partial charge is 0.137 e. The highest BCUT2D eigenvalue weighted by Crippen LogP contribution is 2.12. The molecule has 0 bridgehead atoms. The number of pyridine rings is 1. The minimum Gasteiger partial charge on any atom is -0.493 e. The molecular weight excluding hydrogens is 250 g/mol. The highest BCUT2D eigenvalue weighted by molar-refractivity contribution is 6.29. The first-order valence-corrected chi connectivity index (χ1v) is 6.14. The summed E-state index contributed by atoms with van der Waals surface area (Å²) in [5.41, 5.74) is 0. The van der Waals surface area contributed by atoms with Gasteiger partial charge in [-0.3, -0.25) is 0 Å². The van der Waals surface area contributed by atoms with Crippen molar-refractivity contribution in [2.45, 2.75) is 6.42 Å². The van der Waals surface area contributed by atoms with Crippen molar-refractivity contribution in [2.75, 3.05) is 13.2 Å². The van der Waals surface area contributed by atoms with Gasteiger partial charge in [0.2, 0.25) is 0 Å². The number of nitrogens with zero attached hydrogens (tertiary/aromatic N) is 1. The van der Waals surface area contributed by atoms with Gasteiger partial charge >= 0.3 is 0 Å². The van der Waals surface area contributed by atoms with Gasteiger partial charge in [-0.15, -0.1) is 0 Å². The van der Waals surface area contributed by atoms with Gasteiger partial charge in [0.25, 0.3) is 0 Å². The van der Waals surface area contributed by atoms with Crippen molar-refractivity contribution in [1.29, 1.82) is 0 Å². The second kappa shape index (κ2) is 6.87. The summed E-state index contributed by atoms with van der Waals surface area (Å²) in [4.78, 5) is 3.93. The molecule has 1 aromatic carbocycles. The lowest BCUT2D eigenvalue weighted by Gasteiger charge is -2.07. The van der Waals surface area contributed by atoms with Crippen LogP contribution in [0.15, 0.2) is 48.7 Å². The van der Waals surface area contributed by atoms with Crippen LogP contribution < -0.4 is 9.47 Å². The van der Waals surface area contributed by atoms with Crippen molar-refractivity contribution < 1.29 is 9.47 Å². The van der Waals surface area contributed by atoms with E-state index in [1.807, 2.05) is 30.3 Å². The Balaban J connectivity index is 1.63. The molecule has 0 aliphatic carbocycles. The zero-order valence-electron chi connectivity index (χ0n) is 9.88. The van der Waals surface area contributed by atoms with E-state index in [1.165, 1.54) is 0 Å². The third-order valence-corrected chi connectivity index (χ3v) is 2.49. The summed E-state index contributed by atoms with van der Waals surface area (Å²) in [5, 5.41) is 0.467. The first kappa shape index (κ1) is 12.7. The molecule has 0 saturated heterocycles. The van der Waals surface area contributed by atoms with Crippen LogP contribution >= 0.6 is 11.6 Å². The number of hydrogen-bond acceptors (Lipinski definition) is 3. The average molecular weight is 264 g/mol. The quantitative estimate of drug-likeness (QED) is 0.590. The third-order valence-electron chi connectivity index (χ3n) is 2.27. The van der Waals surface area contributed by atoms with Gasteiger partial charge in [0.05, 0.1) is 19.4 Å². The Bertz CT molecular complexity index is 459. The Hall–Kier alpha value is -1.74. The molecule has 0 saturated carbocycles. The van der Waals surface area contributed by atoms with E-state index in [-0.39, 0.29) is 0 Å². The van der Waals surface area contributed by atoms with E-state index >= 15 is 0 Å². The van der Waals surface area contributed by atoms with Crippen LogP contribution in [0.2, 0.25) is 5.15 Å². The number of aromatic nitrogens is 1. The molecular formula is C14H14ClNO2. The van der Waals surface area contributed by atoms with E-state index in [0.717, 1.165) is 17.9 Å². The first-order chi connectivity index (χ1) is 8.84. The predicted molar refractivity (Wildman–Crippen MR) is 71.3 cm³/mol. The minimum atomic E-state index is 0.467. The lowest BCUT2D eigenvalue weighted by Crippen LogP contribution is -2.05. The number of rotatable bonds is 6. The van der Waals surface area contributed by atoms with Crippen LogP contribution in [-0.2, 0) is 0 Å². The molecule has 3 nitrogen and oxygen atoms in total. The molecule has 0 spiro atoms. The summed E-state index contributed by atoms with van der Waals surface area (Å²) < 4.78 is 11.0. The number of hydrogen-bond donors (Lipinski definition) is 0. The summed E-state index contributed by atoms with van der Waals surface area (Å²) in [7, 11) is 0. The van der Waals surface area contributed by atoms with E-state index in [2.05, 4.69) is 4.98 Å². The van der Waals surface area contributed by atoms with Crippen LogP contribution in [0.3, 0.4) is 0 Å². The van der Waals surface area contributed by atoms with Gasteiger partial charge in [-0.1, -0.05) is 29.8 Å². The van der Waals surface area contributed by atoms with E-state index < -0.39 is 0 Å². The van der Waals surface area contributed by atoms with Crippen molar-refractivity contribution in [2.24, 2.45) is 0 Å². The van der Waals surface area contributed by atoms with Crippen molar-refractivity contribution in [3.63, 3.8) is 0 Å². The van der Waals surface area contributed by atoms with Crippen LogP contribution in [0.4, 0.5) is 0 Å². The number of ether oxygens (including phenoxy) is 2. The van der Waals surface area contributed by atoms with Crippen LogP contribution in [0.1, 0.15) is 6.42 Å². The topological polar surface area (TPSA) is 31.4 Å². The maximum Gasteiger partial charge on any atom is 0.137 e. The summed E-state index contributed by atoms with van der Waals surface area (Å²) in [6, 6.07) is 13.2. The lowest BCUT2D eigenvalue weighted by molar-refractivity contribution is 0.247. The van der Waals surface area contributed by atoms with Gasteiger partial charge in [0, 0.05) is 6.42 Å². The number of para-hydroxylation sites is 1. The maximum absolute atomic E-state index is 5.68. The SMILES string of the molecule is Clc1ccc(OCCCOc2ccccc2)cn1. The van der Waals surface area contributed by atoms with Gasteiger partial charge in [-0.2, -0.15) is 0 Å². The summed E-state index contributed by atoms with van der Waals surface area (Å²) in [5.74, 6) is 1.60. The fourth-order valence-electron chi connectivity index (χ4n) is 1.40. The molecule has 1 heterocycles. The highest BCUT2D eigenvalue weighted by atomic mass is 35.5. The van der Waals surface area contributed by atoms with Gasteiger partial charge in [-0.05, 0) is 24.3 Å². The third kappa shape index (κ3) is 4.26. The largest absolute Gasteiger partial charge is 0.493 e.